The van der Waals surface area contributed by atoms with Gasteiger partial charge >= 0.3 is 0 Å². The van der Waals surface area contributed by atoms with Crippen molar-refractivity contribution in [3.63, 3.8) is 0 Å². The van der Waals surface area contributed by atoms with Crippen molar-refractivity contribution in [3.05, 3.63) is 28.8 Å². The zero-order valence-electron chi connectivity index (χ0n) is 8.03. The fourth-order valence-corrected chi connectivity index (χ4v) is 1.25. The largest absolute Gasteiger partial charge is 0.506 e. The Morgan fingerprint density at radius 3 is 2.44 bits per heavy atom. The number of hydrogen-bond donors (Lipinski definition) is 3. The zero-order chi connectivity index (χ0) is 11.6. The lowest BCUT2D eigenvalue weighted by Gasteiger charge is -2.21. The summed E-state index contributed by atoms with van der Waals surface area (Å²) in [6.45, 7) is -1.34. The molecule has 0 aliphatic heterocycles. The fraction of sp³-hybridized carbons (Fsp3) is 0.333. The third-order valence-electron chi connectivity index (χ3n) is 2.00. The van der Waals surface area contributed by atoms with Crippen LogP contribution in [0.1, 0.15) is 11.6 Å². The van der Waals surface area contributed by atoms with Gasteiger partial charge in [-0.3, -0.25) is 0 Å². The van der Waals surface area contributed by atoms with Gasteiger partial charge in [0.25, 0.3) is 5.92 Å². The molecule has 0 amide bonds. The molecule has 0 fully saturated rings. The van der Waals surface area contributed by atoms with Gasteiger partial charge in [-0.15, -0.1) is 12.4 Å². The standard InChI is InChI=1S/C9H10ClF2NO2.ClH/c10-6-3-5(1-2-7(6)15)8(13)9(11,12)4-14;/h1-3,8,14-15H,4,13H2;1H/t8-;/m0./s1. The molecule has 0 aliphatic rings. The summed E-state index contributed by atoms with van der Waals surface area (Å²) in [6.07, 6.45) is 0. The molecule has 16 heavy (non-hydrogen) atoms. The van der Waals surface area contributed by atoms with Crippen molar-refractivity contribution in [2.75, 3.05) is 6.61 Å². The SMILES string of the molecule is Cl.N[C@@H](c1ccc(O)c(Cl)c1)C(F)(F)CO. The van der Waals surface area contributed by atoms with Crippen molar-refractivity contribution in [1.29, 1.82) is 0 Å². The second-order valence-electron chi connectivity index (χ2n) is 3.11. The normalized spacial score (nSPS) is 13.1. The summed E-state index contributed by atoms with van der Waals surface area (Å²) in [5.41, 5.74) is 5.30. The Kier molecular flexibility index (Phi) is 5.41. The number of aliphatic hydroxyl groups excluding tert-OH is 1. The lowest BCUT2D eigenvalue weighted by Crippen LogP contribution is -2.36. The molecule has 7 heteroatoms. The Balaban J connectivity index is 0.00000225. The summed E-state index contributed by atoms with van der Waals surface area (Å²) >= 11 is 5.54. The fourth-order valence-electron chi connectivity index (χ4n) is 1.06. The average molecular weight is 274 g/mol. The van der Waals surface area contributed by atoms with Crippen molar-refractivity contribution in [2.24, 2.45) is 5.73 Å². The first-order valence-corrected chi connectivity index (χ1v) is 4.49. The van der Waals surface area contributed by atoms with Gasteiger partial charge in [0.15, 0.2) is 0 Å². The summed E-state index contributed by atoms with van der Waals surface area (Å²) in [6, 6.07) is 1.89. The first kappa shape index (κ1) is 15.4. The number of halogens is 4. The van der Waals surface area contributed by atoms with Crippen LogP contribution in [0.2, 0.25) is 5.02 Å². The van der Waals surface area contributed by atoms with Crippen LogP contribution < -0.4 is 5.73 Å². The predicted molar refractivity (Wildman–Crippen MR) is 59.3 cm³/mol. The number of rotatable bonds is 3. The van der Waals surface area contributed by atoms with E-state index in [2.05, 4.69) is 0 Å². The molecule has 1 aromatic rings. The van der Waals surface area contributed by atoms with Crippen LogP contribution in [0.15, 0.2) is 18.2 Å². The van der Waals surface area contributed by atoms with Crippen molar-refractivity contribution >= 4 is 24.0 Å². The Morgan fingerprint density at radius 2 is 2.00 bits per heavy atom. The number of phenolic OH excluding ortho intramolecular Hbond substituents is 1. The molecule has 1 rings (SSSR count). The van der Waals surface area contributed by atoms with E-state index in [4.69, 9.17) is 27.5 Å². The van der Waals surface area contributed by atoms with Crippen molar-refractivity contribution < 1.29 is 19.0 Å². The number of alkyl halides is 2. The third kappa shape index (κ3) is 3.18. The quantitative estimate of drug-likeness (QED) is 0.790. The molecule has 0 heterocycles. The first-order chi connectivity index (χ1) is 6.88. The summed E-state index contributed by atoms with van der Waals surface area (Å²) in [5.74, 6) is -3.62. The molecule has 3 nitrogen and oxygen atoms in total. The molecule has 92 valence electrons. The second-order valence-corrected chi connectivity index (χ2v) is 3.51. The lowest BCUT2D eigenvalue weighted by atomic mass is 10.0. The smallest absolute Gasteiger partial charge is 0.289 e. The van der Waals surface area contributed by atoms with Gasteiger partial charge < -0.3 is 15.9 Å². The molecule has 0 aromatic heterocycles. The van der Waals surface area contributed by atoms with E-state index in [9.17, 15) is 8.78 Å². The van der Waals surface area contributed by atoms with Gasteiger partial charge in [0.1, 0.15) is 12.4 Å². The van der Waals surface area contributed by atoms with Crippen LogP contribution in [-0.2, 0) is 0 Å². The molecule has 1 aromatic carbocycles. The first-order valence-electron chi connectivity index (χ1n) is 4.11. The number of hydrogen-bond acceptors (Lipinski definition) is 3. The third-order valence-corrected chi connectivity index (χ3v) is 2.30. The Hall–Kier alpha value is -0.620. The van der Waals surface area contributed by atoms with Crippen LogP contribution in [0.5, 0.6) is 5.75 Å². The van der Waals surface area contributed by atoms with Gasteiger partial charge in [-0.1, -0.05) is 17.7 Å². The van der Waals surface area contributed by atoms with Crippen LogP contribution >= 0.6 is 24.0 Å². The highest BCUT2D eigenvalue weighted by Crippen LogP contribution is 2.32. The number of benzene rings is 1. The lowest BCUT2D eigenvalue weighted by molar-refractivity contribution is -0.0711. The molecule has 0 saturated heterocycles. The summed E-state index contributed by atoms with van der Waals surface area (Å²) in [5, 5.41) is 17.5. The van der Waals surface area contributed by atoms with E-state index in [1.807, 2.05) is 0 Å². The molecule has 4 N–H and O–H groups in total. The average Bonchev–Trinajstić information content (AvgIpc) is 2.21. The van der Waals surface area contributed by atoms with Crippen LogP contribution in [0.25, 0.3) is 0 Å². The molecular formula is C9H11Cl2F2NO2. The highest BCUT2D eigenvalue weighted by Gasteiger charge is 2.37. The number of aliphatic hydroxyl groups is 1. The van der Waals surface area contributed by atoms with Gasteiger partial charge in [0, 0.05) is 0 Å². The van der Waals surface area contributed by atoms with Crippen molar-refractivity contribution in [3.8, 4) is 5.75 Å². The van der Waals surface area contributed by atoms with Crippen LogP contribution in [0, 0.1) is 0 Å². The Bertz CT molecular complexity index is 363. The van der Waals surface area contributed by atoms with Crippen molar-refractivity contribution in [1.82, 2.24) is 0 Å². The minimum absolute atomic E-state index is 0. The molecular weight excluding hydrogens is 263 g/mol. The van der Waals surface area contributed by atoms with E-state index < -0.39 is 18.6 Å². The predicted octanol–water partition coefficient (Wildman–Crippen LogP) is 2.09. The number of aromatic hydroxyl groups is 1. The van der Waals surface area contributed by atoms with Crippen LogP contribution in [-0.4, -0.2) is 22.7 Å². The van der Waals surface area contributed by atoms with E-state index in [-0.39, 0.29) is 28.7 Å². The second kappa shape index (κ2) is 5.63. The molecule has 0 saturated carbocycles. The van der Waals surface area contributed by atoms with Crippen molar-refractivity contribution in [2.45, 2.75) is 12.0 Å². The molecule has 0 spiro atoms. The van der Waals surface area contributed by atoms with Crippen LogP contribution in [0.3, 0.4) is 0 Å². The van der Waals surface area contributed by atoms with Gasteiger partial charge in [-0.2, -0.15) is 0 Å². The molecule has 0 aliphatic carbocycles. The van der Waals surface area contributed by atoms with E-state index in [0.29, 0.717) is 0 Å². The Labute approximate surface area is 102 Å². The zero-order valence-corrected chi connectivity index (χ0v) is 9.60. The van der Waals surface area contributed by atoms with E-state index in [0.717, 1.165) is 6.07 Å². The summed E-state index contributed by atoms with van der Waals surface area (Å²) in [7, 11) is 0. The Morgan fingerprint density at radius 1 is 1.44 bits per heavy atom. The molecule has 0 bridgehead atoms. The number of nitrogens with two attached hydrogens (primary N) is 1. The monoisotopic (exact) mass is 273 g/mol. The topological polar surface area (TPSA) is 66.5 Å². The summed E-state index contributed by atoms with van der Waals surface area (Å²) in [4.78, 5) is 0. The van der Waals surface area contributed by atoms with Gasteiger partial charge in [0.05, 0.1) is 11.1 Å². The highest BCUT2D eigenvalue weighted by atomic mass is 35.5. The van der Waals surface area contributed by atoms with Gasteiger partial charge in [0.2, 0.25) is 0 Å². The molecule has 0 radical (unpaired) electrons. The minimum atomic E-state index is -3.42. The highest BCUT2D eigenvalue weighted by molar-refractivity contribution is 6.32. The maximum Gasteiger partial charge on any atom is 0.289 e. The number of phenols is 1. The van der Waals surface area contributed by atoms with E-state index in [1.54, 1.807) is 0 Å². The van der Waals surface area contributed by atoms with Gasteiger partial charge in [-0.25, -0.2) is 8.78 Å². The maximum absolute atomic E-state index is 13.0. The minimum Gasteiger partial charge on any atom is -0.506 e. The van der Waals surface area contributed by atoms with E-state index in [1.165, 1.54) is 12.1 Å². The van der Waals surface area contributed by atoms with Crippen LogP contribution in [0.4, 0.5) is 8.78 Å². The maximum atomic E-state index is 13.0. The van der Waals surface area contributed by atoms with Gasteiger partial charge in [-0.05, 0) is 17.7 Å². The van der Waals surface area contributed by atoms with E-state index >= 15 is 0 Å². The molecule has 1 atom stereocenters. The summed E-state index contributed by atoms with van der Waals surface area (Å²) < 4.78 is 26.0. The molecule has 0 unspecified atom stereocenters.